The first-order valence-electron chi connectivity index (χ1n) is 5.96. The van der Waals surface area contributed by atoms with E-state index in [0.29, 0.717) is 17.6 Å². The molecule has 20 heavy (non-hydrogen) atoms. The second kappa shape index (κ2) is 4.83. The van der Waals surface area contributed by atoms with Gasteiger partial charge in [-0.25, -0.2) is 13.4 Å². The third-order valence-corrected chi connectivity index (χ3v) is 5.53. The van der Waals surface area contributed by atoms with Crippen molar-refractivity contribution < 1.29 is 8.42 Å². The molecule has 0 saturated carbocycles. The van der Waals surface area contributed by atoms with Crippen molar-refractivity contribution in [3.8, 4) is 0 Å². The van der Waals surface area contributed by atoms with E-state index < -0.39 is 10.0 Å². The molecule has 0 unspecified atom stereocenters. The molecule has 1 aliphatic heterocycles. The fourth-order valence-corrected chi connectivity index (χ4v) is 4.22. The molecule has 2 aromatic rings. The highest BCUT2D eigenvalue weighted by atomic mass is 79.9. The number of nitrogen functional groups attached to an aromatic ring is 1. The monoisotopic (exact) mass is 353 g/mol. The van der Waals surface area contributed by atoms with Crippen LogP contribution in [0.25, 0.3) is 0 Å². The van der Waals surface area contributed by atoms with Crippen LogP contribution >= 0.6 is 15.9 Å². The molecule has 1 aromatic heterocycles. The number of anilines is 1. The minimum atomic E-state index is -3.64. The number of hydrogen-bond acceptors (Lipinski definition) is 4. The Morgan fingerprint density at radius 2 is 1.80 bits per heavy atom. The van der Waals surface area contributed by atoms with Crippen LogP contribution in [-0.4, -0.2) is 17.7 Å². The van der Waals surface area contributed by atoms with Gasteiger partial charge in [0.2, 0.25) is 10.0 Å². The zero-order valence-corrected chi connectivity index (χ0v) is 12.9. The lowest BCUT2D eigenvalue weighted by molar-refractivity contribution is 0.431. The maximum absolute atomic E-state index is 12.7. The van der Waals surface area contributed by atoms with Crippen LogP contribution in [-0.2, 0) is 23.1 Å². The van der Waals surface area contributed by atoms with Crippen LogP contribution in [0, 0.1) is 0 Å². The lowest BCUT2D eigenvalue weighted by Crippen LogP contribution is -2.26. The van der Waals surface area contributed by atoms with Crippen LogP contribution in [0.2, 0.25) is 0 Å². The van der Waals surface area contributed by atoms with Gasteiger partial charge in [0.05, 0.1) is 0 Å². The van der Waals surface area contributed by atoms with Crippen LogP contribution in [0.15, 0.2) is 45.9 Å². The molecule has 0 spiro atoms. The molecule has 0 bridgehead atoms. The van der Waals surface area contributed by atoms with Crippen molar-refractivity contribution in [1.29, 1.82) is 0 Å². The first-order valence-corrected chi connectivity index (χ1v) is 8.20. The molecule has 2 heterocycles. The third-order valence-electron chi connectivity index (χ3n) is 3.28. The quantitative estimate of drug-likeness (QED) is 0.897. The van der Waals surface area contributed by atoms with Gasteiger partial charge in [0.1, 0.15) is 10.7 Å². The van der Waals surface area contributed by atoms with Crippen molar-refractivity contribution in [2.45, 2.75) is 18.0 Å². The number of aromatic nitrogens is 1. The maximum Gasteiger partial charge on any atom is 0.247 e. The molecule has 0 aliphatic carbocycles. The van der Waals surface area contributed by atoms with Gasteiger partial charge in [-0.2, -0.15) is 4.31 Å². The molecule has 1 aliphatic rings. The predicted octanol–water partition coefficient (Wildman–Crippen LogP) is 2.13. The first-order chi connectivity index (χ1) is 9.48. The SMILES string of the molecule is Nc1ncc(Br)cc1S(=O)(=O)N1Cc2ccccc2C1. The number of hydrogen-bond donors (Lipinski definition) is 1. The van der Waals surface area contributed by atoms with Gasteiger partial charge in [0, 0.05) is 23.8 Å². The van der Waals surface area contributed by atoms with Gasteiger partial charge in [0.25, 0.3) is 0 Å². The highest BCUT2D eigenvalue weighted by molar-refractivity contribution is 9.10. The third kappa shape index (κ3) is 2.21. The maximum atomic E-state index is 12.7. The fourth-order valence-electron chi connectivity index (χ4n) is 2.25. The number of sulfonamides is 1. The molecule has 0 fully saturated rings. The van der Waals surface area contributed by atoms with Crippen LogP contribution < -0.4 is 5.73 Å². The Morgan fingerprint density at radius 3 is 2.40 bits per heavy atom. The largest absolute Gasteiger partial charge is 0.383 e. The Hall–Kier alpha value is -1.44. The Bertz CT molecular complexity index is 752. The van der Waals surface area contributed by atoms with Crippen molar-refractivity contribution in [3.63, 3.8) is 0 Å². The van der Waals surface area contributed by atoms with E-state index in [0.717, 1.165) is 11.1 Å². The van der Waals surface area contributed by atoms with Gasteiger partial charge in [-0.1, -0.05) is 24.3 Å². The van der Waals surface area contributed by atoms with E-state index in [1.807, 2.05) is 24.3 Å². The van der Waals surface area contributed by atoms with E-state index in [9.17, 15) is 8.42 Å². The van der Waals surface area contributed by atoms with Crippen molar-refractivity contribution in [2.24, 2.45) is 0 Å². The van der Waals surface area contributed by atoms with E-state index in [4.69, 9.17) is 5.73 Å². The Kier molecular flexibility index (Phi) is 3.27. The number of halogens is 1. The summed E-state index contributed by atoms with van der Waals surface area (Å²) in [4.78, 5) is 3.93. The van der Waals surface area contributed by atoms with E-state index in [-0.39, 0.29) is 10.7 Å². The second-order valence-corrected chi connectivity index (χ2v) is 7.40. The van der Waals surface area contributed by atoms with Crippen molar-refractivity contribution in [3.05, 3.63) is 52.1 Å². The zero-order valence-electron chi connectivity index (χ0n) is 10.5. The minimum absolute atomic E-state index is 0.0177. The summed E-state index contributed by atoms with van der Waals surface area (Å²) in [5.74, 6) is 0.0177. The number of benzene rings is 1. The summed E-state index contributed by atoms with van der Waals surface area (Å²) in [6.45, 7) is 0.731. The predicted molar refractivity (Wildman–Crippen MR) is 79.2 cm³/mol. The topological polar surface area (TPSA) is 76.3 Å². The number of fused-ring (bicyclic) bond motifs is 1. The summed E-state index contributed by atoms with van der Waals surface area (Å²) in [6.07, 6.45) is 1.48. The molecule has 5 nitrogen and oxygen atoms in total. The summed E-state index contributed by atoms with van der Waals surface area (Å²) in [6, 6.07) is 9.18. The van der Waals surface area contributed by atoms with Gasteiger partial charge in [-0.05, 0) is 33.1 Å². The summed E-state index contributed by atoms with van der Waals surface area (Å²) in [5.41, 5.74) is 7.76. The normalized spacial score (nSPS) is 15.2. The van der Waals surface area contributed by atoms with E-state index in [2.05, 4.69) is 20.9 Å². The second-order valence-electron chi connectivity index (χ2n) is 4.58. The van der Waals surface area contributed by atoms with E-state index in [1.54, 1.807) is 0 Å². The molecule has 0 atom stereocenters. The summed E-state index contributed by atoms with van der Waals surface area (Å²) in [5, 5.41) is 0. The van der Waals surface area contributed by atoms with Crippen molar-refractivity contribution in [1.82, 2.24) is 9.29 Å². The molecular formula is C13H12BrN3O2S. The van der Waals surface area contributed by atoms with Gasteiger partial charge in [-0.3, -0.25) is 0 Å². The summed E-state index contributed by atoms with van der Waals surface area (Å²) in [7, 11) is -3.64. The molecule has 2 N–H and O–H groups in total. The number of pyridine rings is 1. The van der Waals surface area contributed by atoms with Gasteiger partial charge < -0.3 is 5.73 Å². The Labute approximate surface area is 125 Å². The highest BCUT2D eigenvalue weighted by Gasteiger charge is 2.32. The average molecular weight is 354 g/mol. The number of nitrogens with two attached hydrogens (primary N) is 1. The molecule has 0 saturated heterocycles. The standard InChI is InChI=1S/C13H12BrN3O2S/c14-11-5-12(13(15)16-6-11)20(18,19)17-7-9-3-1-2-4-10(9)8-17/h1-6H,7-8H2,(H2,15,16). The van der Waals surface area contributed by atoms with Gasteiger partial charge >= 0.3 is 0 Å². The lowest BCUT2D eigenvalue weighted by Gasteiger charge is -2.16. The summed E-state index contributed by atoms with van der Waals surface area (Å²) < 4.78 is 27.3. The molecule has 104 valence electrons. The van der Waals surface area contributed by atoms with E-state index in [1.165, 1.54) is 16.6 Å². The number of nitrogens with zero attached hydrogens (tertiary/aromatic N) is 2. The van der Waals surface area contributed by atoms with Gasteiger partial charge in [0.15, 0.2) is 0 Å². The molecule has 0 amide bonds. The highest BCUT2D eigenvalue weighted by Crippen LogP contribution is 2.31. The van der Waals surface area contributed by atoms with Crippen molar-refractivity contribution >= 4 is 31.8 Å². The molecule has 7 heteroatoms. The Morgan fingerprint density at radius 1 is 1.20 bits per heavy atom. The smallest absolute Gasteiger partial charge is 0.247 e. The van der Waals surface area contributed by atoms with E-state index >= 15 is 0 Å². The van der Waals surface area contributed by atoms with Crippen LogP contribution in [0.5, 0.6) is 0 Å². The van der Waals surface area contributed by atoms with Crippen LogP contribution in [0.3, 0.4) is 0 Å². The van der Waals surface area contributed by atoms with Crippen LogP contribution in [0.4, 0.5) is 5.82 Å². The first kappa shape index (κ1) is 13.5. The number of rotatable bonds is 2. The molecule has 0 radical (unpaired) electrons. The van der Waals surface area contributed by atoms with Crippen molar-refractivity contribution in [2.75, 3.05) is 5.73 Å². The fraction of sp³-hybridized carbons (Fsp3) is 0.154. The molecule has 1 aromatic carbocycles. The molecular weight excluding hydrogens is 342 g/mol. The lowest BCUT2D eigenvalue weighted by atomic mass is 10.1. The summed E-state index contributed by atoms with van der Waals surface area (Å²) >= 11 is 3.22. The Balaban J connectivity index is 2.01. The molecule has 3 rings (SSSR count). The average Bonchev–Trinajstić information content (AvgIpc) is 2.86. The minimum Gasteiger partial charge on any atom is -0.383 e. The van der Waals surface area contributed by atoms with Gasteiger partial charge in [-0.15, -0.1) is 0 Å². The zero-order chi connectivity index (χ0) is 14.3. The van der Waals surface area contributed by atoms with Crippen LogP contribution in [0.1, 0.15) is 11.1 Å².